The molecule has 0 spiro atoms. The van der Waals surface area contributed by atoms with Crippen LogP contribution in [0.25, 0.3) is 0 Å². The number of nitro groups is 1. The van der Waals surface area contributed by atoms with Gasteiger partial charge in [0.05, 0.1) is 27.3 Å². The normalized spacial score (nSPS) is 13.2. The van der Waals surface area contributed by atoms with Gasteiger partial charge in [-0.25, -0.2) is 9.69 Å². The largest absolute Gasteiger partial charge is 0.454 e. The smallest absolute Gasteiger partial charge is 0.338 e. The van der Waals surface area contributed by atoms with Gasteiger partial charge in [-0.15, -0.1) is 0 Å². The SMILES string of the molecule is CC(C)(C)C(=O)COC(=O)c1ccc2c(c1)C(=O)N(c1ccc([N+](=O)[O-])cc1)C2=O. The topological polar surface area (TPSA) is 124 Å². The number of rotatable bonds is 5. The second-order valence-electron chi connectivity index (χ2n) is 7.73. The van der Waals surface area contributed by atoms with Crippen molar-refractivity contribution in [1.82, 2.24) is 0 Å². The summed E-state index contributed by atoms with van der Waals surface area (Å²) in [7, 11) is 0. The lowest BCUT2D eigenvalue weighted by Crippen LogP contribution is -2.29. The lowest BCUT2D eigenvalue weighted by Gasteiger charge is -2.16. The van der Waals surface area contributed by atoms with E-state index < -0.39 is 34.7 Å². The summed E-state index contributed by atoms with van der Waals surface area (Å²) < 4.78 is 5.02. The number of carbonyl (C=O) groups excluding carboxylic acids is 4. The van der Waals surface area contributed by atoms with Crippen LogP contribution in [0.2, 0.25) is 0 Å². The molecule has 2 aromatic rings. The zero-order valence-corrected chi connectivity index (χ0v) is 16.5. The summed E-state index contributed by atoms with van der Waals surface area (Å²) in [5.74, 6) is -2.31. The fourth-order valence-electron chi connectivity index (χ4n) is 2.76. The summed E-state index contributed by atoms with van der Waals surface area (Å²) in [6, 6.07) is 8.89. The van der Waals surface area contributed by atoms with E-state index in [-0.39, 0.29) is 33.8 Å². The van der Waals surface area contributed by atoms with Crippen LogP contribution in [0.1, 0.15) is 51.8 Å². The van der Waals surface area contributed by atoms with Gasteiger partial charge in [-0.3, -0.25) is 24.5 Å². The van der Waals surface area contributed by atoms with Crippen LogP contribution < -0.4 is 4.90 Å². The Bertz CT molecular complexity index is 1080. The van der Waals surface area contributed by atoms with Gasteiger partial charge in [-0.2, -0.15) is 0 Å². The van der Waals surface area contributed by atoms with Crippen molar-refractivity contribution in [2.24, 2.45) is 5.41 Å². The van der Waals surface area contributed by atoms with Crippen LogP contribution in [0.4, 0.5) is 11.4 Å². The minimum absolute atomic E-state index is 0.00921. The number of Topliss-reactive ketones (excluding diaryl/α,β-unsaturated/α-hetero) is 1. The van der Waals surface area contributed by atoms with E-state index in [0.717, 1.165) is 4.90 Å². The number of carbonyl (C=O) groups is 4. The molecule has 30 heavy (non-hydrogen) atoms. The van der Waals surface area contributed by atoms with Crippen LogP contribution in [-0.2, 0) is 9.53 Å². The second kappa shape index (κ2) is 7.51. The molecule has 0 radical (unpaired) electrons. The molecule has 0 aromatic heterocycles. The van der Waals surface area contributed by atoms with Gasteiger partial charge in [-0.1, -0.05) is 20.8 Å². The molecule has 0 saturated carbocycles. The van der Waals surface area contributed by atoms with Crippen LogP contribution >= 0.6 is 0 Å². The van der Waals surface area contributed by atoms with E-state index in [1.807, 2.05) is 0 Å². The van der Waals surface area contributed by atoms with E-state index in [0.29, 0.717) is 0 Å². The van der Waals surface area contributed by atoms with Gasteiger partial charge in [-0.05, 0) is 30.3 Å². The van der Waals surface area contributed by atoms with E-state index in [9.17, 15) is 29.3 Å². The number of nitro benzene ring substituents is 1. The molecule has 1 aliphatic rings. The summed E-state index contributed by atoms with van der Waals surface area (Å²) in [6.07, 6.45) is 0. The summed E-state index contributed by atoms with van der Waals surface area (Å²) in [5, 5.41) is 10.8. The van der Waals surface area contributed by atoms with Crippen molar-refractivity contribution in [3.63, 3.8) is 0 Å². The summed E-state index contributed by atoms with van der Waals surface area (Å²) >= 11 is 0. The molecule has 154 valence electrons. The number of esters is 1. The Labute approximate surface area is 171 Å². The summed E-state index contributed by atoms with van der Waals surface area (Å²) in [4.78, 5) is 60.7. The van der Waals surface area contributed by atoms with Gasteiger partial charge in [0, 0.05) is 17.5 Å². The average Bonchev–Trinajstić information content (AvgIpc) is 2.95. The third-order valence-corrected chi connectivity index (χ3v) is 4.61. The Morgan fingerprint density at radius 3 is 2.17 bits per heavy atom. The number of fused-ring (bicyclic) bond motifs is 1. The number of hydrogen-bond donors (Lipinski definition) is 0. The Kier molecular flexibility index (Phi) is 5.22. The average molecular weight is 410 g/mol. The molecule has 0 aliphatic carbocycles. The first-order chi connectivity index (χ1) is 14.0. The van der Waals surface area contributed by atoms with Crippen molar-refractivity contribution < 1.29 is 28.8 Å². The molecule has 0 N–H and O–H groups in total. The van der Waals surface area contributed by atoms with Gasteiger partial charge >= 0.3 is 5.97 Å². The van der Waals surface area contributed by atoms with Crippen LogP contribution in [0.15, 0.2) is 42.5 Å². The van der Waals surface area contributed by atoms with Crippen LogP contribution in [-0.4, -0.2) is 35.1 Å². The Morgan fingerprint density at radius 1 is 1.00 bits per heavy atom. The van der Waals surface area contributed by atoms with Crippen LogP contribution in [0.5, 0.6) is 0 Å². The van der Waals surface area contributed by atoms with Gasteiger partial charge in [0.15, 0.2) is 12.4 Å². The molecule has 3 rings (SSSR count). The van der Waals surface area contributed by atoms with Crippen molar-refractivity contribution in [2.45, 2.75) is 20.8 Å². The lowest BCUT2D eigenvalue weighted by atomic mass is 9.91. The third kappa shape index (κ3) is 3.82. The Hall–Kier alpha value is -3.88. The van der Waals surface area contributed by atoms with Gasteiger partial charge in [0.25, 0.3) is 17.5 Å². The van der Waals surface area contributed by atoms with E-state index >= 15 is 0 Å². The molecule has 0 unspecified atom stereocenters. The zero-order chi connectivity index (χ0) is 22.2. The number of amides is 2. The first kappa shape index (κ1) is 20.8. The lowest BCUT2D eigenvalue weighted by molar-refractivity contribution is -0.384. The van der Waals surface area contributed by atoms with E-state index in [4.69, 9.17) is 4.74 Å². The molecule has 9 nitrogen and oxygen atoms in total. The maximum absolute atomic E-state index is 12.8. The van der Waals surface area contributed by atoms with E-state index in [2.05, 4.69) is 0 Å². The van der Waals surface area contributed by atoms with Crippen molar-refractivity contribution in [1.29, 1.82) is 0 Å². The van der Waals surface area contributed by atoms with Crippen molar-refractivity contribution >= 4 is 34.9 Å². The third-order valence-electron chi connectivity index (χ3n) is 4.61. The number of hydrogen-bond acceptors (Lipinski definition) is 7. The molecule has 1 aliphatic heterocycles. The van der Waals surface area contributed by atoms with Crippen molar-refractivity contribution in [3.8, 4) is 0 Å². The number of ether oxygens (including phenoxy) is 1. The number of anilines is 1. The van der Waals surface area contributed by atoms with Crippen LogP contribution in [0.3, 0.4) is 0 Å². The number of benzene rings is 2. The molecular formula is C21H18N2O7. The quantitative estimate of drug-likeness (QED) is 0.321. The molecule has 9 heteroatoms. The number of non-ortho nitro benzene ring substituents is 1. The number of imide groups is 1. The molecule has 0 saturated heterocycles. The van der Waals surface area contributed by atoms with Gasteiger partial charge in [0.2, 0.25) is 0 Å². The molecule has 1 heterocycles. The maximum atomic E-state index is 12.8. The molecular weight excluding hydrogens is 392 g/mol. The zero-order valence-electron chi connectivity index (χ0n) is 16.5. The molecule has 0 bridgehead atoms. The van der Waals surface area contributed by atoms with E-state index in [1.165, 1.54) is 42.5 Å². The second-order valence-corrected chi connectivity index (χ2v) is 7.73. The highest BCUT2D eigenvalue weighted by atomic mass is 16.6. The fraction of sp³-hybridized carbons (Fsp3) is 0.238. The predicted molar refractivity (Wildman–Crippen MR) is 105 cm³/mol. The molecule has 0 atom stereocenters. The highest BCUT2D eigenvalue weighted by Crippen LogP contribution is 2.30. The van der Waals surface area contributed by atoms with E-state index in [1.54, 1.807) is 20.8 Å². The Morgan fingerprint density at radius 2 is 1.60 bits per heavy atom. The fourth-order valence-corrected chi connectivity index (χ4v) is 2.76. The first-order valence-corrected chi connectivity index (χ1v) is 8.98. The minimum atomic E-state index is -0.788. The van der Waals surface area contributed by atoms with Gasteiger partial charge in [0.1, 0.15) is 0 Å². The number of nitrogens with zero attached hydrogens (tertiary/aromatic N) is 2. The standard InChI is InChI=1S/C21H18N2O7/c1-21(2,3)17(24)11-30-20(27)12-4-9-15-16(10-12)19(26)22(18(15)25)13-5-7-14(8-6-13)23(28)29/h4-10H,11H2,1-3H3. The Balaban J connectivity index is 1.82. The van der Waals surface area contributed by atoms with Crippen molar-refractivity contribution in [3.05, 3.63) is 69.3 Å². The highest BCUT2D eigenvalue weighted by Gasteiger charge is 2.37. The van der Waals surface area contributed by atoms with Crippen molar-refractivity contribution in [2.75, 3.05) is 11.5 Å². The first-order valence-electron chi connectivity index (χ1n) is 8.98. The monoisotopic (exact) mass is 410 g/mol. The summed E-state index contributed by atoms with van der Waals surface area (Å²) in [5.41, 5.74) is -0.527. The van der Waals surface area contributed by atoms with Gasteiger partial charge < -0.3 is 4.74 Å². The highest BCUT2D eigenvalue weighted by molar-refractivity contribution is 6.34. The molecule has 2 amide bonds. The maximum Gasteiger partial charge on any atom is 0.338 e. The molecule has 0 fully saturated rings. The predicted octanol–water partition coefficient (Wildman–Crippen LogP) is 3.17. The van der Waals surface area contributed by atoms with Crippen LogP contribution in [0, 0.1) is 15.5 Å². The molecule has 2 aromatic carbocycles. The minimum Gasteiger partial charge on any atom is -0.454 e. The number of ketones is 1. The summed E-state index contributed by atoms with van der Waals surface area (Å²) in [6.45, 7) is 4.71.